The number of fused-ring (bicyclic) bond motifs is 1. The molecule has 0 spiro atoms. The summed E-state index contributed by atoms with van der Waals surface area (Å²) < 4.78 is 0.985. The smallest absolute Gasteiger partial charge is 0.240 e. The Morgan fingerprint density at radius 1 is 1.13 bits per heavy atom. The second-order valence-electron chi connectivity index (χ2n) is 5.52. The van der Waals surface area contributed by atoms with E-state index in [0.717, 1.165) is 27.7 Å². The molecule has 0 bridgehead atoms. The lowest BCUT2D eigenvalue weighted by Gasteiger charge is -2.29. The van der Waals surface area contributed by atoms with Crippen molar-refractivity contribution >= 4 is 33.4 Å². The van der Waals surface area contributed by atoms with Crippen molar-refractivity contribution in [3.05, 3.63) is 64.1 Å². The number of hydrogen-bond acceptors (Lipinski definition) is 2. The third-order valence-electron chi connectivity index (χ3n) is 3.88. The summed E-state index contributed by atoms with van der Waals surface area (Å²) in [5.74, 6) is -0.160. The number of halogens is 1. The molecule has 0 aromatic heterocycles. The Kier molecular flexibility index (Phi) is 4.76. The van der Waals surface area contributed by atoms with Crippen LogP contribution in [-0.4, -0.2) is 18.4 Å². The summed E-state index contributed by atoms with van der Waals surface area (Å²) in [6.45, 7) is 0.523. The molecule has 3 rings (SSSR count). The van der Waals surface area contributed by atoms with E-state index in [1.54, 1.807) is 4.90 Å². The Balaban J connectivity index is 1.67. The van der Waals surface area contributed by atoms with Crippen LogP contribution in [0, 0.1) is 0 Å². The van der Waals surface area contributed by atoms with E-state index in [-0.39, 0.29) is 18.4 Å². The average Bonchev–Trinajstić information content (AvgIpc) is 2.56. The zero-order valence-electron chi connectivity index (χ0n) is 12.6. The van der Waals surface area contributed by atoms with Crippen LogP contribution in [0.3, 0.4) is 0 Å². The highest BCUT2D eigenvalue weighted by Crippen LogP contribution is 2.30. The fourth-order valence-electron chi connectivity index (χ4n) is 2.70. The maximum atomic E-state index is 12.2. The van der Waals surface area contributed by atoms with E-state index in [4.69, 9.17) is 0 Å². The van der Waals surface area contributed by atoms with Gasteiger partial charge in [-0.05, 0) is 35.7 Å². The molecule has 118 valence electrons. The summed E-state index contributed by atoms with van der Waals surface area (Å²) in [5, 5.41) is 2.87. The molecule has 0 aliphatic carbocycles. The normalized spacial score (nSPS) is 13.6. The number of nitrogens with one attached hydrogen (secondary N) is 1. The Bertz CT molecular complexity index is 731. The van der Waals surface area contributed by atoms with Gasteiger partial charge < -0.3 is 10.2 Å². The van der Waals surface area contributed by atoms with E-state index in [1.165, 1.54) is 0 Å². The highest BCUT2D eigenvalue weighted by molar-refractivity contribution is 9.10. The van der Waals surface area contributed by atoms with Crippen LogP contribution in [0.4, 0.5) is 5.69 Å². The fourth-order valence-corrected chi connectivity index (χ4v) is 3.11. The summed E-state index contributed by atoms with van der Waals surface area (Å²) in [5.41, 5.74) is 2.96. The van der Waals surface area contributed by atoms with Gasteiger partial charge in [0.15, 0.2) is 0 Å². The molecule has 1 aliphatic rings. The van der Waals surface area contributed by atoms with Gasteiger partial charge in [0.05, 0.1) is 0 Å². The number of benzene rings is 2. The van der Waals surface area contributed by atoms with Crippen LogP contribution in [0.2, 0.25) is 0 Å². The molecule has 0 atom stereocenters. The number of amides is 2. The Morgan fingerprint density at radius 3 is 2.70 bits per heavy atom. The quantitative estimate of drug-likeness (QED) is 0.896. The summed E-state index contributed by atoms with van der Waals surface area (Å²) in [7, 11) is 0. The lowest BCUT2D eigenvalue weighted by Crippen LogP contribution is -2.42. The van der Waals surface area contributed by atoms with Gasteiger partial charge in [0.2, 0.25) is 11.8 Å². The monoisotopic (exact) mass is 372 g/mol. The highest BCUT2D eigenvalue weighted by Gasteiger charge is 2.25. The van der Waals surface area contributed by atoms with Crippen molar-refractivity contribution < 1.29 is 9.59 Å². The minimum Gasteiger partial charge on any atom is -0.350 e. The van der Waals surface area contributed by atoms with Gasteiger partial charge in [0.1, 0.15) is 6.54 Å². The van der Waals surface area contributed by atoms with Gasteiger partial charge in [-0.3, -0.25) is 9.59 Å². The molecular formula is C18H17BrN2O2. The lowest BCUT2D eigenvalue weighted by atomic mass is 10.0. The van der Waals surface area contributed by atoms with Crippen LogP contribution in [0.15, 0.2) is 53.0 Å². The molecule has 1 heterocycles. The minimum absolute atomic E-state index is 0.00492. The molecule has 1 N–H and O–H groups in total. The number of hydrogen-bond donors (Lipinski definition) is 1. The molecule has 2 amide bonds. The van der Waals surface area contributed by atoms with Gasteiger partial charge in [0.25, 0.3) is 0 Å². The number of carbonyl (C=O) groups is 2. The Morgan fingerprint density at radius 2 is 1.91 bits per heavy atom. The van der Waals surface area contributed by atoms with Crippen molar-refractivity contribution in [2.75, 3.05) is 11.4 Å². The van der Waals surface area contributed by atoms with E-state index in [2.05, 4.69) is 21.2 Å². The number of nitrogens with zero attached hydrogens (tertiary/aromatic N) is 1. The van der Waals surface area contributed by atoms with Crippen molar-refractivity contribution in [3.63, 3.8) is 0 Å². The average molecular weight is 373 g/mol. The van der Waals surface area contributed by atoms with Crippen LogP contribution in [-0.2, 0) is 22.6 Å². The van der Waals surface area contributed by atoms with Gasteiger partial charge in [0, 0.05) is 23.1 Å². The predicted molar refractivity (Wildman–Crippen MR) is 93.1 cm³/mol. The molecule has 23 heavy (non-hydrogen) atoms. The summed E-state index contributed by atoms with van der Waals surface area (Å²) >= 11 is 3.44. The molecule has 1 aliphatic heterocycles. The van der Waals surface area contributed by atoms with Crippen molar-refractivity contribution in [1.82, 2.24) is 5.32 Å². The molecule has 2 aromatic rings. The van der Waals surface area contributed by atoms with Gasteiger partial charge in [-0.15, -0.1) is 0 Å². The molecule has 0 saturated carbocycles. The Labute approximate surface area is 143 Å². The van der Waals surface area contributed by atoms with Crippen LogP contribution >= 0.6 is 15.9 Å². The van der Waals surface area contributed by atoms with Gasteiger partial charge in [-0.25, -0.2) is 0 Å². The number of carbonyl (C=O) groups excluding carboxylic acids is 2. The molecule has 0 saturated heterocycles. The van der Waals surface area contributed by atoms with Gasteiger partial charge >= 0.3 is 0 Å². The van der Waals surface area contributed by atoms with Gasteiger partial charge in [-0.1, -0.05) is 46.3 Å². The van der Waals surface area contributed by atoms with E-state index in [1.807, 2.05) is 48.5 Å². The number of aryl methyl sites for hydroxylation is 1. The standard InChI is InChI=1S/C18H17BrN2O2/c19-15-7-8-16-14(10-15)6-9-18(23)21(16)12-17(22)20-11-13-4-2-1-3-5-13/h1-5,7-8,10H,6,9,11-12H2,(H,20,22). The Hall–Kier alpha value is -2.14. The first-order valence-electron chi connectivity index (χ1n) is 7.53. The van der Waals surface area contributed by atoms with Crippen molar-refractivity contribution in [2.24, 2.45) is 0 Å². The SMILES string of the molecule is O=C(CN1C(=O)CCc2cc(Br)ccc21)NCc1ccccc1. The zero-order valence-corrected chi connectivity index (χ0v) is 14.2. The third kappa shape index (κ3) is 3.79. The molecule has 2 aromatic carbocycles. The summed E-state index contributed by atoms with van der Waals surface area (Å²) in [4.78, 5) is 26.0. The van der Waals surface area contributed by atoms with E-state index in [9.17, 15) is 9.59 Å². The zero-order chi connectivity index (χ0) is 16.2. The van der Waals surface area contributed by atoms with Crippen LogP contribution < -0.4 is 10.2 Å². The van der Waals surface area contributed by atoms with Crippen LogP contribution in [0.5, 0.6) is 0 Å². The van der Waals surface area contributed by atoms with Gasteiger partial charge in [-0.2, -0.15) is 0 Å². The maximum absolute atomic E-state index is 12.2. The second-order valence-corrected chi connectivity index (χ2v) is 6.43. The van der Waals surface area contributed by atoms with Crippen molar-refractivity contribution in [3.8, 4) is 0 Å². The fraction of sp³-hybridized carbons (Fsp3) is 0.222. The van der Waals surface area contributed by atoms with Crippen molar-refractivity contribution in [2.45, 2.75) is 19.4 Å². The topological polar surface area (TPSA) is 49.4 Å². The van der Waals surface area contributed by atoms with E-state index >= 15 is 0 Å². The van der Waals surface area contributed by atoms with Crippen molar-refractivity contribution in [1.29, 1.82) is 0 Å². The van der Waals surface area contributed by atoms with Crippen LogP contribution in [0.1, 0.15) is 17.5 Å². The second kappa shape index (κ2) is 6.96. The molecular weight excluding hydrogens is 356 g/mol. The highest BCUT2D eigenvalue weighted by atomic mass is 79.9. The lowest BCUT2D eigenvalue weighted by molar-refractivity contribution is -0.124. The number of anilines is 1. The first-order valence-corrected chi connectivity index (χ1v) is 8.32. The van der Waals surface area contributed by atoms with E-state index < -0.39 is 0 Å². The molecule has 0 radical (unpaired) electrons. The largest absolute Gasteiger partial charge is 0.350 e. The molecule has 0 unspecified atom stereocenters. The molecule has 0 fully saturated rings. The minimum atomic E-state index is -0.155. The predicted octanol–water partition coefficient (Wildman–Crippen LogP) is 3.04. The summed E-state index contributed by atoms with van der Waals surface area (Å²) in [6, 6.07) is 15.5. The first-order chi connectivity index (χ1) is 11.1. The van der Waals surface area contributed by atoms with Crippen LogP contribution in [0.25, 0.3) is 0 Å². The summed E-state index contributed by atoms with van der Waals surface area (Å²) in [6.07, 6.45) is 1.16. The molecule has 5 heteroatoms. The third-order valence-corrected chi connectivity index (χ3v) is 4.37. The molecule has 4 nitrogen and oxygen atoms in total. The maximum Gasteiger partial charge on any atom is 0.240 e. The first kappa shape index (κ1) is 15.7. The van der Waals surface area contributed by atoms with E-state index in [0.29, 0.717) is 13.0 Å². The number of rotatable bonds is 4.